The van der Waals surface area contributed by atoms with Crippen molar-refractivity contribution in [3.63, 3.8) is 0 Å². The fourth-order valence-corrected chi connectivity index (χ4v) is 3.01. The van der Waals surface area contributed by atoms with Crippen molar-refractivity contribution in [1.29, 1.82) is 10.5 Å². The third-order valence-corrected chi connectivity index (χ3v) is 3.37. The summed E-state index contributed by atoms with van der Waals surface area (Å²) in [5, 5.41) is 16.7. The highest BCUT2D eigenvalue weighted by Gasteiger charge is 2.09. The lowest BCUT2D eigenvalue weighted by molar-refractivity contribution is 1.25. The number of rotatable bonds is 2. The molecule has 0 saturated heterocycles. The lowest BCUT2D eigenvalue weighted by Gasteiger charge is -2.04. The van der Waals surface area contributed by atoms with Crippen LogP contribution in [0.1, 0.15) is 13.8 Å². The molecule has 0 aliphatic carbocycles. The van der Waals surface area contributed by atoms with Crippen LogP contribution in [0.15, 0.2) is 0 Å². The van der Waals surface area contributed by atoms with Gasteiger partial charge in [-0.2, -0.15) is 10.5 Å². The van der Waals surface area contributed by atoms with Gasteiger partial charge in [0.2, 0.25) is 0 Å². The minimum atomic E-state index is -0.129. The molecule has 0 heterocycles. The quantitative estimate of drug-likeness (QED) is 0.664. The van der Waals surface area contributed by atoms with E-state index in [1.807, 2.05) is 0 Å². The molecule has 0 aromatic carbocycles. The summed E-state index contributed by atoms with van der Waals surface area (Å²) in [5.74, 6) is 0. The fourth-order valence-electron chi connectivity index (χ4n) is 0.369. The lowest BCUT2D eigenvalue weighted by atomic mass is 10.5. The van der Waals surface area contributed by atoms with Crippen LogP contribution in [0.4, 0.5) is 0 Å². The number of nitrogens with zero attached hydrogens (tertiary/aromatic N) is 2. The molecule has 0 N–H and O–H groups in total. The molecule has 0 fully saturated rings. The summed E-state index contributed by atoms with van der Waals surface area (Å²) < 4.78 is 0.665. The van der Waals surface area contributed by atoms with Gasteiger partial charge in [0.05, 0.1) is 22.6 Å². The molecule has 2 nitrogen and oxygen atoms in total. The van der Waals surface area contributed by atoms with E-state index in [0.717, 1.165) is 0 Å². The minimum Gasteiger partial charge on any atom is -0.197 e. The summed E-state index contributed by atoms with van der Waals surface area (Å²) in [7, 11) is 0. The molecule has 0 spiro atoms. The van der Waals surface area contributed by atoms with Crippen molar-refractivity contribution in [3.05, 3.63) is 0 Å². The maximum absolute atomic E-state index is 8.47. The number of thioether (sulfide) groups is 2. The van der Waals surface area contributed by atoms with Gasteiger partial charge in [-0.1, -0.05) is 35.7 Å². The van der Waals surface area contributed by atoms with E-state index in [-0.39, 0.29) is 10.5 Å². The van der Waals surface area contributed by atoms with Gasteiger partial charge in [-0.05, 0) is 13.8 Å². The molecule has 0 radical (unpaired) electrons. The molecule has 2 atom stereocenters. The normalized spacial score (nSPS) is 14.0. The minimum absolute atomic E-state index is 0.129. The standard InChI is InChI=1S/C7H8N2S3/c1-5(3-8)11-7(10)12-6(2)4-9/h5-6H,1-2H3. The Labute approximate surface area is 86.3 Å². The fraction of sp³-hybridized carbons (Fsp3) is 0.571. The molecule has 0 aromatic rings. The van der Waals surface area contributed by atoms with E-state index < -0.39 is 0 Å². The molecule has 12 heavy (non-hydrogen) atoms. The predicted molar refractivity (Wildman–Crippen MR) is 57.9 cm³/mol. The highest BCUT2D eigenvalue weighted by molar-refractivity contribution is 8.47. The van der Waals surface area contributed by atoms with Gasteiger partial charge < -0.3 is 0 Å². The third kappa shape index (κ3) is 5.42. The van der Waals surface area contributed by atoms with Crippen LogP contribution in [-0.2, 0) is 0 Å². The van der Waals surface area contributed by atoms with Crippen molar-refractivity contribution in [2.45, 2.75) is 24.3 Å². The lowest BCUT2D eigenvalue weighted by Crippen LogP contribution is -1.98. The highest BCUT2D eigenvalue weighted by atomic mass is 32.2. The Morgan fingerprint density at radius 2 is 1.50 bits per heavy atom. The zero-order valence-corrected chi connectivity index (χ0v) is 9.22. The second kappa shape index (κ2) is 6.30. The Bertz CT molecular complexity index is 214. The topological polar surface area (TPSA) is 47.6 Å². The number of thiocarbonyl (C=S) groups is 1. The maximum Gasteiger partial charge on any atom is 0.106 e. The Hall–Kier alpha value is -0.230. The van der Waals surface area contributed by atoms with Gasteiger partial charge >= 0.3 is 0 Å². The van der Waals surface area contributed by atoms with Crippen LogP contribution in [-0.4, -0.2) is 14.0 Å². The van der Waals surface area contributed by atoms with Crippen LogP contribution >= 0.6 is 35.7 Å². The van der Waals surface area contributed by atoms with Crippen LogP contribution in [0.5, 0.6) is 0 Å². The van der Waals surface area contributed by atoms with Crippen LogP contribution in [0.2, 0.25) is 0 Å². The third-order valence-electron chi connectivity index (χ3n) is 0.910. The first-order chi connectivity index (χ1) is 5.60. The van der Waals surface area contributed by atoms with Gasteiger partial charge in [0.15, 0.2) is 0 Å². The summed E-state index contributed by atoms with van der Waals surface area (Å²) in [5.41, 5.74) is 0. The van der Waals surface area contributed by atoms with Crippen LogP contribution in [0.3, 0.4) is 0 Å². The molecule has 0 aliphatic heterocycles. The molecule has 0 amide bonds. The first kappa shape index (κ1) is 11.8. The first-order valence-corrected chi connectivity index (χ1v) is 5.43. The van der Waals surface area contributed by atoms with E-state index in [0.29, 0.717) is 3.53 Å². The molecule has 0 rings (SSSR count). The first-order valence-electron chi connectivity index (χ1n) is 3.26. The number of hydrogen-bond donors (Lipinski definition) is 0. The van der Waals surface area contributed by atoms with Gasteiger partial charge in [-0.3, -0.25) is 0 Å². The largest absolute Gasteiger partial charge is 0.197 e. The maximum atomic E-state index is 8.47. The summed E-state index contributed by atoms with van der Waals surface area (Å²) in [6, 6.07) is 4.13. The summed E-state index contributed by atoms with van der Waals surface area (Å²) >= 11 is 7.61. The van der Waals surface area contributed by atoms with E-state index in [2.05, 4.69) is 12.1 Å². The molecule has 64 valence electrons. The summed E-state index contributed by atoms with van der Waals surface area (Å²) in [4.78, 5) is 0. The molecule has 0 aromatic heterocycles. The van der Waals surface area contributed by atoms with Crippen molar-refractivity contribution in [2.75, 3.05) is 0 Å². The average molecular weight is 216 g/mol. The molecular weight excluding hydrogens is 208 g/mol. The second-order valence-electron chi connectivity index (χ2n) is 2.03. The average Bonchev–Trinajstić information content (AvgIpc) is 2.03. The van der Waals surface area contributed by atoms with Gasteiger partial charge in [-0.25, -0.2) is 0 Å². The van der Waals surface area contributed by atoms with E-state index in [1.54, 1.807) is 13.8 Å². The Morgan fingerprint density at radius 3 is 1.75 bits per heavy atom. The SMILES string of the molecule is CC(C#N)SC(=S)SC(C)C#N. The molecular formula is C7H8N2S3. The van der Waals surface area contributed by atoms with E-state index >= 15 is 0 Å². The van der Waals surface area contributed by atoms with Gasteiger partial charge in [-0.15, -0.1) is 0 Å². The molecule has 0 bridgehead atoms. The van der Waals surface area contributed by atoms with E-state index in [4.69, 9.17) is 22.7 Å². The summed E-state index contributed by atoms with van der Waals surface area (Å²) in [6.45, 7) is 3.57. The van der Waals surface area contributed by atoms with E-state index in [1.165, 1.54) is 23.5 Å². The Morgan fingerprint density at radius 1 is 1.17 bits per heavy atom. The number of hydrogen-bond acceptors (Lipinski definition) is 5. The predicted octanol–water partition coefficient (Wildman–Crippen LogP) is 2.56. The molecule has 2 unspecified atom stereocenters. The smallest absolute Gasteiger partial charge is 0.106 e. The highest BCUT2D eigenvalue weighted by Crippen LogP contribution is 2.24. The van der Waals surface area contributed by atoms with Crippen LogP contribution < -0.4 is 0 Å². The van der Waals surface area contributed by atoms with Crippen molar-refractivity contribution < 1.29 is 0 Å². The molecule has 5 heteroatoms. The second-order valence-corrected chi connectivity index (χ2v) is 5.91. The Kier molecular flexibility index (Phi) is 6.18. The van der Waals surface area contributed by atoms with Crippen LogP contribution in [0, 0.1) is 22.7 Å². The summed E-state index contributed by atoms with van der Waals surface area (Å²) in [6.07, 6.45) is 0. The van der Waals surface area contributed by atoms with Crippen molar-refractivity contribution in [3.8, 4) is 12.1 Å². The van der Waals surface area contributed by atoms with Gasteiger partial charge in [0.25, 0.3) is 0 Å². The van der Waals surface area contributed by atoms with Crippen molar-refractivity contribution in [1.82, 2.24) is 0 Å². The molecule has 0 aliphatic rings. The van der Waals surface area contributed by atoms with Crippen molar-refractivity contribution >= 4 is 39.3 Å². The zero-order chi connectivity index (χ0) is 9.56. The monoisotopic (exact) mass is 216 g/mol. The Balaban J connectivity index is 3.78. The molecule has 0 saturated carbocycles. The number of nitriles is 2. The van der Waals surface area contributed by atoms with Crippen LogP contribution in [0.25, 0.3) is 0 Å². The zero-order valence-electron chi connectivity index (χ0n) is 6.77. The van der Waals surface area contributed by atoms with Gasteiger partial charge in [0, 0.05) is 0 Å². The van der Waals surface area contributed by atoms with Crippen molar-refractivity contribution in [2.24, 2.45) is 0 Å². The van der Waals surface area contributed by atoms with E-state index in [9.17, 15) is 0 Å². The van der Waals surface area contributed by atoms with Gasteiger partial charge in [0.1, 0.15) is 3.53 Å².